The Bertz CT molecular complexity index is 659. The molecule has 2 bridgehead atoms. The first-order chi connectivity index (χ1) is 10.4. The maximum atomic E-state index is 2.33. The zero-order valence-electron chi connectivity index (χ0n) is 12.6. The van der Waals surface area contributed by atoms with Crippen LogP contribution in [0.25, 0.3) is 21.5 Å². The molecule has 0 spiro atoms. The van der Waals surface area contributed by atoms with Gasteiger partial charge in [0.15, 0.2) is 0 Å². The molecule has 0 atom stereocenters. The fourth-order valence-electron chi connectivity index (χ4n) is 3.98. The van der Waals surface area contributed by atoms with Gasteiger partial charge in [0.1, 0.15) is 0 Å². The summed E-state index contributed by atoms with van der Waals surface area (Å²) in [7, 11) is 0. The third-order valence-electron chi connectivity index (χ3n) is 5.01. The monoisotopic (exact) mass is 274 g/mol. The predicted molar refractivity (Wildman–Crippen MR) is 91.9 cm³/mol. The van der Waals surface area contributed by atoms with Crippen molar-refractivity contribution in [3.05, 3.63) is 59.7 Å². The summed E-state index contributed by atoms with van der Waals surface area (Å²) in [6.45, 7) is 0. The lowest BCUT2D eigenvalue weighted by Gasteiger charge is -2.16. The molecule has 106 valence electrons. The molecule has 0 heteroatoms. The number of rotatable bonds is 0. The third kappa shape index (κ3) is 2.23. The van der Waals surface area contributed by atoms with E-state index in [0.717, 1.165) is 0 Å². The number of hydrogen-bond donors (Lipinski definition) is 0. The van der Waals surface area contributed by atoms with Crippen LogP contribution in [0.1, 0.15) is 43.2 Å². The number of benzene rings is 3. The summed E-state index contributed by atoms with van der Waals surface area (Å²) in [6, 6.07) is 18.1. The van der Waals surface area contributed by atoms with Crippen molar-refractivity contribution in [2.45, 2.75) is 44.9 Å². The second-order valence-electron chi connectivity index (χ2n) is 6.32. The topological polar surface area (TPSA) is 0 Å². The summed E-state index contributed by atoms with van der Waals surface area (Å²) in [6.07, 6.45) is 9.25. The van der Waals surface area contributed by atoms with Gasteiger partial charge in [-0.1, -0.05) is 67.8 Å². The van der Waals surface area contributed by atoms with Gasteiger partial charge in [0.05, 0.1) is 0 Å². The summed E-state index contributed by atoms with van der Waals surface area (Å²) in [4.78, 5) is 0. The third-order valence-corrected chi connectivity index (χ3v) is 5.01. The first-order valence-corrected chi connectivity index (χ1v) is 8.36. The van der Waals surface area contributed by atoms with Crippen LogP contribution in [0, 0.1) is 0 Å². The van der Waals surface area contributed by atoms with Crippen LogP contribution in [0.3, 0.4) is 0 Å². The molecule has 0 fully saturated rings. The molecule has 1 aliphatic carbocycles. The highest BCUT2D eigenvalue weighted by atomic mass is 14.2. The fourth-order valence-corrected chi connectivity index (χ4v) is 3.98. The van der Waals surface area contributed by atoms with E-state index < -0.39 is 0 Å². The number of aryl methyl sites for hydroxylation is 2. The molecular formula is C21H22. The van der Waals surface area contributed by atoms with Crippen LogP contribution in [0.15, 0.2) is 48.5 Å². The molecule has 0 aliphatic heterocycles. The van der Waals surface area contributed by atoms with E-state index in [1.165, 1.54) is 66.5 Å². The molecule has 0 heterocycles. The average Bonchev–Trinajstić information content (AvgIpc) is 2.61. The van der Waals surface area contributed by atoms with Gasteiger partial charge in [-0.2, -0.15) is 0 Å². The second-order valence-corrected chi connectivity index (χ2v) is 6.32. The molecule has 0 radical (unpaired) electrons. The maximum absolute atomic E-state index is 2.33. The highest BCUT2D eigenvalue weighted by molar-refractivity contribution is 6.05. The van der Waals surface area contributed by atoms with Gasteiger partial charge in [-0.3, -0.25) is 0 Å². The van der Waals surface area contributed by atoms with Crippen molar-refractivity contribution in [3.63, 3.8) is 0 Å². The van der Waals surface area contributed by atoms with Crippen molar-refractivity contribution in [1.29, 1.82) is 0 Å². The lowest BCUT2D eigenvalue weighted by molar-refractivity contribution is 0.618. The van der Waals surface area contributed by atoms with Crippen molar-refractivity contribution in [2.75, 3.05) is 0 Å². The first-order valence-electron chi connectivity index (χ1n) is 8.36. The molecule has 4 rings (SSSR count). The molecule has 0 nitrogen and oxygen atoms in total. The lowest BCUT2D eigenvalue weighted by Crippen LogP contribution is -1.95. The van der Waals surface area contributed by atoms with E-state index in [2.05, 4.69) is 48.5 Å². The van der Waals surface area contributed by atoms with Crippen molar-refractivity contribution >= 4 is 21.5 Å². The van der Waals surface area contributed by atoms with Gasteiger partial charge in [-0.15, -0.1) is 0 Å². The summed E-state index contributed by atoms with van der Waals surface area (Å²) < 4.78 is 0. The van der Waals surface area contributed by atoms with E-state index in [-0.39, 0.29) is 0 Å². The highest BCUT2D eigenvalue weighted by Gasteiger charge is 2.13. The van der Waals surface area contributed by atoms with Crippen molar-refractivity contribution in [3.8, 4) is 0 Å². The summed E-state index contributed by atoms with van der Waals surface area (Å²) in [5.74, 6) is 0. The summed E-state index contributed by atoms with van der Waals surface area (Å²) in [5.41, 5.74) is 3.15. The first kappa shape index (κ1) is 12.9. The summed E-state index contributed by atoms with van der Waals surface area (Å²) >= 11 is 0. The minimum atomic E-state index is 1.22. The van der Waals surface area contributed by atoms with Crippen LogP contribution in [0.2, 0.25) is 0 Å². The Morgan fingerprint density at radius 2 is 0.762 bits per heavy atom. The van der Waals surface area contributed by atoms with Crippen molar-refractivity contribution in [2.24, 2.45) is 0 Å². The number of fused-ring (bicyclic) bond motifs is 3. The molecule has 21 heavy (non-hydrogen) atoms. The minimum Gasteiger partial charge on any atom is -0.0616 e. The molecule has 0 aromatic heterocycles. The smallest absolute Gasteiger partial charge is 0.0143 e. The Hall–Kier alpha value is -1.82. The lowest BCUT2D eigenvalue weighted by atomic mass is 9.88. The molecule has 0 saturated carbocycles. The maximum Gasteiger partial charge on any atom is -0.0143 e. The quantitative estimate of drug-likeness (QED) is 0.438. The molecule has 0 unspecified atom stereocenters. The van der Waals surface area contributed by atoms with Crippen LogP contribution in [-0.2, 0) is 12.8 Å². The van der Waals surface area contributed by atoms with E-state index in [0.29, 0.717) is 0 Å². The SMILES string of the molecule is c1ccc2c3c4ccccc4c(c2c1)CCCCCCC3. The van der Waals surface area contributed by atoms with Crippen LogP contribution >= 0.6 is 0 Å². The predicted octanol–water partition coefficient (Wildman–Crippen LogP) is 6.04. The average molecular weight is 274 g/mol. The molecule has 0 saturated heterocycles. The normalized spacial score (nSPS) is 16.2. The van der Waals surface area contributed by atoms with E-state index in [4.69, 9.17) is 0 Å². The zero-order chi connectivity index (χ0) is 14.1. The minimum absolute atomic E-state index is 1.22. The van der Waals surface area contributed by atoms with E-state index in [1.807, 2.05) is 0 Å². The Kier molecular flexibility index (Phi) is 3.39. The Morgan fingerprint density at radius 1 is 0.429 bits per heavy atom. The standard InChI is InChI=1S/C21H22/c1-2-4-10-16-18-12-6-8-14-20(18)17(11-5-3-1)21-15-9-7-13-19(16)21/h6-9,12-15H,1-5,10-11H2. The molecular weight excluding hydrogens is 252 g/mol. The Morgan fingerprint density at radius 3 is 1.14 bits per heavy atom. The van der Waals surface area contributed by atoms with Gasteiger partial charge in [0, 0.05) is 0 Å². The van der Waals surface area contributed by atoms with E-state index in [1.54, 1.807) is 11.1 Å². The molecule has 0 amide bonds. The van der Waals surface area contributed by atoms with Gasteiger partial charge in [0.2, 0.25) is 0 Å². The van der Waals surface area contributed by atoms with Crippen molar-refractivity contribution < 1.29 is 0 Å². The molecule has 3 aromatic rings. The molecule has 3 aromatic carbocycles. The second kappa shape index (κ2) is 5.52. The number of hydrogen-bond acceptors (Lipinski definition) is 0. The molecule has 1 aliphatic rings. The van der Waals surface area contributed by atoms with E-state index in [9.17, 15) is 0 Å². The highest BCUT2D eigenvalue weighted by Crippen LogP contribution is 2.35. The van der Waals surface area contributed by atoms with Gasteiger partial charge in [-0.05, 0) is 58.4 Å². The van der Waals surface area contributed by atoms with E-state index >= 15 is 0 Å². The van der Waals surface area contributed by atoms with Crippen molar-refractivity contribution in [1.82, 2.24) is 0 Å². The van der Waals surface area contributed by atoms with Gasteiger partial charge in [-0.25, -0.2) is 0 Å². The van der Waals surface area contributed by atoms with Crippen LogP contribution in [-0.4, -0.2) is 0 Å². The molecule has 0 N–H and O–H groups in total. The Labute approximate surface area is 126 Å². The van der Waals surface area contributed by atoms with Crippen LogP contribution in [0.4, 0.5) is 0 Å². The van der Waals surface area contributed by atoms with Gasteiger partial charge < -0.3 is 0 Å². The van der Waals surface area contributed by atoms with Crippen LogP contribution < -0.4 is 0 Å². The van der Waals surface area contributed by atoms with Gasteiger partial charge in [0.25, 0.3) is 0 Å². The Balaban J connectivity index is 2.12. The summed E-state index contributed by atoms with van der Waals surface area (Å²) in [5, 5.41) is 5.97. The van der Waals surface area contributed by atoms with Crippen LogP contribution in [0.5, 0.6) is 0 Å². The largest absolute Gasteiger partial charge is 0.0616 e. The van der Waals surface area contributed by atoms with Gasteiger partial charge >= 0.3 is 0 Å². The fraction of sp³-hybridized carbons (Fsp3) is 0.333. The zero-order valence-corrected chi connectivity index (χ0v) is 12.6.